The summed E-state index contributed by atoms with van der Waals surface area (Å²) in [6.45, 7) is 2.04. The highest BCUT2D eigenvalue weighted by molar-refractivity contribution is 14.1. The van der Waals surface area contributed by atoms with Crippen LogP contribution in [0.5, 0.6) is 5.75 Å². The van der Waals surface area contributed by atoms with Gasteiger partial charge < -0.3 is 9.47 Å². The Balaban J connectivity index is 3.24. The topological polar surface area (TPSA) is 59.3 Å². The lowest BCUT2D eigenvalue weighted by atomic mass is 10.1. The molecule has 0 fully saturated rings. The van der Waals surface area contributed by atoms with E-state index >= 15 is 0 Å². The van der Waals surface area contributed by atoms with Crippen LogP contribution in [-0.2, 0) is 4.74 Å². The van der Waals surface area contributed by atoms with Crippen LogP contribution in [0.2, 0.25) is 0 Å². The first-order valence-electron chi connectivity index (χ1n) is 4.58. The van der Waals surface area contributed by atoms with Crippen molar-refractivity contribution in [3.8, 4) is 11.8 Å². The van der Waals surface area contributed by atoms with Crippen LogP contribution in [0.3, 0.4) is 0 Å². The molecule has 0 saturated carbocycles. The molecule has 4 nitrogen and oxygen atoms in total. The number of nitriles is 1. The number of carbonyl (C=O) groups excluding carboxylic acids is 1. The van der Waals surface area contributed by atoms with Gasteiger partial charge in [0.1, 0.15) is 17.4 Å². The molecule has 0 radical (unpaired) electrons. The standard InChI is InChI=1S/C11H10INO3/c1-3-16-11(14)8-5-9(12)7(6-13)4-10(8)15-2/h4-5H,3H2,1-2H3. The minimum atomic E-state index is -0.443. The van der Waals surface area contributed by atoms with Gasteiger partial charge in [0.15, 0.2) is 0 Å². The largest absolute Gasteiger partial charge is 0.496 e. The van der Waals surface area contributed by atoms with Gasteiger partial charge in [-0.15, -0.1) is 0 Å². The molecule has 0 aromatic heterocycles. The molecule has 1 aromatic rings. The van der Waals surface area contributed by atoms with E-state index in [1.807, 2.05) is 28.7 Å². The quantitative estimate of drug-likeness (QED) is 0.630. The Hall–Kier alpha value is -1.29. The van der Waals surface area contributed by atoms with Crippen LogP contribution in [0.25, 0.3) is 0 Å². The smallest absolute Gasteiger partial charge is 0.341 e. The Morgan fingerprint density at radius 1 is 1.56 bits per heavy atom. The van der Waals surface area contributed by atoms with Crippen molar-refractivity contribution in [3.63, 3.8) is 0 Å². The molecule has 0 N–H and O–H groups in total. The summed E-state index contributed by atoms with van der Waals surface area (Å²) in [5, 5.41) is 8.84. The number of hydrogen-bond acceptors (Lipinski definition) is 4. The highest BCUT2D eigenvalue weighted by Crippen LogP contribution is 2.25. The van der Waals surface area contributed by atoms with Gasteiger partial charge in [-0.1, -0.05) is 0 Å². The molecule has 0 spiro atoms. The number of carbonyl (C=O) groups is 1. The molecule has 0 amide bonds. The van der Waals surface area contributed by atoms with Crippen molar-refractivity contribution < 1.29 is 14.3 Å². The molecule has 84 valence electrons. The fourth-order valence-corrected chi connectivity index (χ4v) is 1.76. The molecule has 16 heavy (non-hydrogen) atoms. The molecule has 1 rings (SSSR count). The summed E-state index contributed by atoms with van der Waals surface area (Å²) < 4.78 is 10.6. The van der Waals surface area contributed by atoms with Crippen LogP contribution in [0.4, 0.5) is 0 Å². The van der Waals surface area contributed by atoms with E-state index in [0.717, 1.165) is 0 Å². The lowest BCUT2D eigenvalue weighted by molar-refractivity contribution is 0.0522. The second-order valence-corrected chi connectivity index (χ2v) is 4.03. The summed E-state index contributed by atoms with van der Waals surface area (Å²) in [4.78, 5) is 11.6. The van der Waals surface area contributed by atoms with Crippen molar-refractivity contribution >= 4 is 28.6 Å². The first-order valence-corrected chi connectivity index (χ1v) is 5.66. The first kappa shape index (κ1) is 12.8. The molecule has 0 bridgehead atoms. The van der Waals surface area contributed by atoms with Crippen molar-refractivity contribution in [3.05, 3.63) is 26.8 Å². The maximum atomic E-state index is 11.6. The number of ether oxygens (including phenoxy) is 2. The van der Waals surface area contributed by atoms with E-state index < -0.39 is 5.97 Å². The number of benzene rings is 1. The zero-order chi connectivity index (χ0) is 12.1. The highest BCUT2D eigenvalue weighted by atomic mass is 127. The van der Waals surface area contributed by atoms with Gasteiger partial charge in [0.05, 0.1) is 19.3 Å². The Morgan fingerprint density at radius 3 is 2.75 bits per heavy atom. The van der Waals surface area contributed by atoms with Crippen molar-refractivity contribution in [2.45, 2.75) is 6.92 Å². The third-order valence-corrected chi connectivity index (χ3v) is 2.80. The second-order valence-electron chi connectivity index (χ2n) is 2.86. The lowest BCUT2D eigenvalue weighted by Crippen LogP contribution is -2.07. The zero-order valence-electron chi connectivity index (χ0n) is 8.91. The first-order chi connectivity index (χ1) is 7.63. The minimum absolute atomic E-state index is 0.304. The Labute approximate surface area is 107 Å². The van der Waals surface area contributed by atoms with E-state index in [1.54, 1.807) is 13.0 Å². The Morgan fingerprint density at radius 2 is 2.25 bits per heavy atom. The maximum absolute atomic E-state index is 11.6. The van der Waals surface area contributed by atoms with Gasteiger partial charge >= 0.3 is 5.97 Å². The molecule has 1 aromatic carbocycles. The molecule has 0 aliphatic carbocycles. The average molecular weight is 331 g/mol. The molecular formula is C11H10INO3. The van der Waals surface area contributed by atoms with E-state index in [2.05, 4.69) is 0 Å². The minimum Gasteiger partial charge on any atom is -0.496 e. The van der Waals surface area contributed by atoms with Crippen molar-refractivity contribution in [1.29, 1.82) is 5.26 Å². The molecule has 0 aliphatic rings. The molecule has 0 unspecified atom stereocenters. The van der Waals surface area contributed by atoms with Crippen LogP contribution >= 0.6 is 22.6 Å². The van der Waals surface area contributed by atoms with E-state index in [4.69, 9.17) is 14.7 Å². The van der Waals surface area contributed by atoms with E-state index in [9.17, 15) is 4.79 Å². The third kappa shape index (κ3) is 2.64. The van der Waals surface area contributed by atoms with Gasteiger partial charge in [-0.05, 0) is 41.6 Å². The fourth-order valence-electron chi connectivity index (χ4n) is 1.18. The van der Waals surface area contributed by atoms with Crippen molar-refractivity contribution in [2.24, 2.45) is 0 Å². The summed E-state index contributed by atoms with van der Waals surface area (Å²) >= 11 is 1.99. The molecule has 0 atom stereocenters. The van der Waals surface area contributed by atoms with Crippen LogP contribution in [0, 0.1) is 14.9 Å². The van der Waals surface area contributed by atoms with Crippen LogP contribution in [0.1, 0.15) is 22.8 Å². The molecule has 0 aliphatic heterocycles. The highest BCUT2D eigenvalue weighted by Gasteiger charge is 2.16. The summed E-state index contributed by atoms with van der Waals surface area (Å²) in [6.07, 6.45) is 0. The number of halogens is 1. The average Bonchev–Trinajstić information content (AvgIpc) is 2.29. The number of esters is 1. The van der Waals surface area contributed by atoms with Gasteiger partial charge in [0.2, 0.25) is 0 Å². The maximum Gasteiger partial charge on any atom is 0.341 e. The second kappa shape index (κ2) is 5.70. The Bertz CT molecular complexity index is 451. The van der Waals surface area contributed by atoms with Gasteiger partial charge in [-0.2, -0.15) is 5.26 Å². The molecule has 0 saturated heterocycles. The molecule has 0 heterocycles. The van der Waals surface area contributed by atoms with E-state index in [0.29, 0.717) is 27.1 Å². The van der Waals surface area contributed by atoms with Crippen molar-refractivity contribution in [2.75, 3.05) is 13.7 Å². The van der Waals surface area contributed by atoms with Crippen LogP contribution < -0.4 is 4.74 Å². The van der Waals surface area contributed by atoms with Gasteiger partial charge in [0.25, 0.3) is 0 Å². The monoisotopic (exact) mass is 331 g/mol. The van der Waals surface area contributed by atoms with Crippen molar-refractivity contribution in [1.82, 2.24) is 0 Å². The number of rotatable bonds is 3. The zero-order valence-corrected chi connectivity index (χ0v) is 11.1. The van der Waals surface area contributed by atoms with E-state index in [-0.39, 0.29) is 0 Å². The predicted molar refractivity (Wildman–Crippen MR) is 66.4 cm³/mol. The normalized spacial score (nSPS) is 9.38. The van der Waals surface area contributed by atoms with Gasteiger partial charge in [-0.3, -0.25) is 0 Å². The number of nitrogens with zero attached hydrogens (tertiary/aromatic N) is 1. The van der Waals surface area contributed by atoms with Crippen LogP contribution in [-0.4, -0.2) is 19.7 Å². The number of hydrogen-bond donors (Lipinski definition) is 0. The predicted octanol–water partition coefficient (Wildman–Crippen LogP) is 2.35. The van der Waals surface area contributed by atoms with E-state index in [1.165, 1.54) is 13.2 Å². The SMILES string of the molecule is CCOC(=O)c1cc(I)c(C#N)cc1OC. The number of methoxy groups -OCH3 is 1. The molecular weight excluding hydrogens is 321 g/mol. The third-order valence-electron chi connectivity index (χ3n) is 1.90. The molecule has 5 heteroatoms. The summed E-state index contributed by atoms with van der Waals surface area (Å²) in [7, 11) is 1.45. The van der Waals surface area contributed by atoms with Gasteiger partial charge in [-0.25, -0.2) is 4.79 Å². The Kier molecular flexibility index (Phi) is 4.55. The summed E-state index contributed by atoms with van der Waals surface area (Å²) in [6, 6.07) is 5.16. The summed E-state index contributed by atoms with van der Waals surface area (Å²) in [5.74, 6) is -0.0860. The fraction of sp³-hybridized carbons (Fsp3) is 0.273. The summed E-state index contributed by atoms with van der Waals surface area (Å²) in [5.41, 5.74) is 0.818. The van der Waals surface area contributed by atoms with Crippen LogP contribution in [0.15, 0.2) is 12.1 Å². The lowest BCUT2D eigenvalue weighted by Gasteiger charge is -2.09. The van der Waals surface area contributed by atoms with Gasteiger partial charge in [0, 0.05) is 3.57 Å².